The first-order valence-corrected chi connectivity index (χ1v) is 4.25. The molecule has 0 bridgehead atoms. The number of hydrogen-bond acceptors (Lipinski definition) is 2. The molecule has 0 aliphatic rings. The molecule has 66 valence electrons. The Morgan fingerprint density at radius 3 is 3.15 bits per heavy atom. The lowest BCUT2D eigenvalue weighted by Crippen LogP contribution is -1.98. The maximum Gasteiger partial charge on any atom is 0.166 e. The van der Waals surface area contributed by atoms with E-state index in [1.165, 1.54) is 0 Å². The molecule has 0 aliphatic carbocycles. The van der Waals surface area contributed by atoms with Crippen molar-refractivity contribution in [3.63, 3.8) is 0 Å². The van der Waals surface area contributed by atoms with Gasteiger partial charge in [0, 0.05) is 24.3 Å². The van der Waals surface area contributed by atoms with E-state index in [4.69, 9.17) is 0 Å². The summed E-state index contributed by atoms with van der Waals surface area (Å²) in [6.07, 6.45) is 4.39. The van der Waals surface area contributed by atoms with Gasteiger partial charge in [-0.3, -0.25) is 9.78 Å². The summed E-state index contributed by atoms with van der Waals surface area (Å²) in [4.78, 5) is 14.7. The quantitative estimate of drug-likeness (QED) is 0.651. The Hall–Kier alpha value is -1.64. The van der Waals surface area contributed by atoms with Gasteiger partial charge in [0.2, 0.25) is 0 Å². The van der Waals surface area contributed by atoms with E-state index in [2.05, 4.69) is 4.98 Å². The summed E-state index contributed by atoms with van der Waals surface area (Å²) in [5.74, 6) is 0. The second kappa shape index (κ2) is 3.01. The topological polar surface area (TPSA) is 34.9 Å². The fourth-order valence-corrected chi connectivity index (χ4v) is 1.58. The first-order chi connectivity index (χ1) is 6.36. The predicted molar refractivity (Wildman–Crippen MR) is 50.8 cm³/mol. The van der Waals surface area contributed by atoms with Crippen molar-refractivity contribution in [2.45, 2.75) is 13.5 Å². The SMILES string of the molecule is CCn1c(C=O)cc2cnccc21. The Balaban J connectivity index is 2.81. The van der Waals surface area contributed by atoms with Crippen LogP contribution in [0.2, 0.25) is 0 Å². The number of pyridine rings is 1. The molecule has 2 rings (SSSR count). The second-order valence-corrected chi connectivity index (χ2v) is 2.87. The van der Waals surface area contributed by atoms with Crippen LogP contribution < -0.4 is 0 Å². The van der Waals surface area contributed by atoms with Crippen LogP contribution in [-0.2, 0) is 6.54 Å². The molecule has 3 heteroatoms. The zero-order valence-electron chi connectivity index (χ0n) is 7.40. The maximum atomic E-state index is 10.7. The van der Waals surface area contributed by atoms with E-state index >= 15 is 0 Å². The fraction of sp³-hybridized carbons (Fsp3) is 0.200. The standard InChI is InChI=1S/C10H10N2O/c1-2-12-9(7-13)5-8-6-11-4-3-10(8)12/h3-7H,2H2,1H3. The number of aryl methyl sites for hydroxylation is 1. The first kappa shape index (κ1) is 7.98. The third-order valence-electron chi connectivity index (χ3n) is 2.17. The van der Waals surface area contributed by atoms with Crippen LogP contribution in [0.15, 0.2) is 24.5 Å². The smallest absolute Gasteiger partial charge is 0.166 e. The molecule has 0 spiro atoms. The van der Waals surface area contributed by atoms with Gasteiger partial charge < -0.3 is 4.57 Å². The predicted octanol–water partition coefficient (Wildman–Crippen LogP) is 1.87. The van der Waals surface area contributed by atoms with Crippen molar-refractivity contribution >= 4 is 17.2 Å². The summed E-state index contributed by atoms with van der Waals surface area (Å²) in [5, 5.41) is 1.02. The van der Waals surface area contributed by atoms with E-state index in [1.54, 1.807) is 12.4 Å². The molecule has 0 radical (unpaired) electrons. The molecule has 0 aliphatic heterocycles. The molecule has 0 amide bonds. The lowest BCUT2D eigenvalue weighted by atomic mass is 10.3. The molecule has 0 saturated carbocycles. The summed E-state index contributed by atoms with van der Waals surface area (Å²) in [6, 6.07) is 3.78. The number of rotatable bonds is 2. The van der Waals surface area contributed by atoms with Gasteiger partial charge in [0.25, 0.3) is 0 Å². The highest BCUT2D eigenvalue weighted by molar-refractivity contribution is 5.88. The van der Waals surface area contributed by atoms with Crippen molar-refractivity contribution in [3.05, 3.63) is 30.2 Å². The van der Waals surface area contributed by atoms with Crippen molar-refractivity contribution in [2.75, 3.05) is 0 Å². The molecule has 2 aromatic heterocycles. The molecule has 3 nitrogen and oxygen atoms in total. The van der Waals surface area contributed by atoms with Crippen molar-refractivity contribution < 1.29 is 4.79 Å². The van der Waals surface area contributed by atoms with Gasteiger partial charge in [0.1, 0.15) is 0 Å². The average molecular weight is 174 g/mol. The lowest BCUT2D eigenvalue weighted by Gasteiger charge is -2.01. The third-order valence-corrected chi connectivity index (χ3v) is 2.17. The van der Waals surface area contributed by atoms with Gasteiger partial charge in [0.05, 0.1) is 11.2 Å². The summed E-state index contributed by atoms with van der Waals surface area (Å²) < 4.78 is 1.98. The van der Waals surface area contributed by atoms with E-state index in [-0.39, 0.29) is 0 Å². The molecule has 0 aromatic carbocycles. The minimum absolute atomic E-state index is 0.713. The Morgan fingerprint density at radius 1 is 1.62 bits per heavy atom. The average Bonchev–Trinajstić information content (AvgIpc) is 2.55. The van der Waals surface area contributed by atoms with Crippen molar-refractivity contribution in [2.24, 2.45) is 0 Å². The number of aromatic nitrogens is 2. The third kappa shape index (κ3) is 1.13. The Labute approximate surface area is 76.0 Å². The summed E-state index contributed by atoms with van der Waals surface area (Å²) in [5.41, 5.74) is 1.78. The van der Waals surface area contributed by atoms with E-state index in [1.807, 2.05) is 23.6 Å². The van der Waals surface area contributed by atoms with Crippen LogP contribution >= 0.6 is 0 Å². The van der Waals surface area contributed by atoms with Crippen LogP contribution in [0.4, 0.5) is 0 Å². The molecule has 2 heterocycles. The van der Waals surface area contributed by atoms with Gasteiger partial charge >= 0.3 is 0 Å². The van der Waals surface area contributed by atoms with Gasteiger partial charge in [-0.15, -0.1) is 0 Å². The molecule has 0 saturated heterocycles. The van der Waals surface area contributed by atoms with E-state index in [0.717, 1.165) is 23.7 Å². The molecular formula is C10H10N2O. The summed E-state index contributed by atoms with van der Waals surface area (Å²) in [6.45, 7) is 2.83. The molecule has 0 fully saturated rings. The molecule has 0 unspecified atom stereocenters. The monoisotopic (exact) mass is 174 g/mol. The number of nitrogens with zero attached hydrogens (tertiary/aromatic N) is 2. The van der Waals surface area contributed by atoms with Crippen LogP contribution in [0.3, 0.4) is 0 Å². The Bertz CT molecular complexity index is 445. The van der Waals surface area contributed by atoms with E-state index in [0.29, 0.717) is 5.69 Å². The van der Waals surface area contributed by atoms with Crippen molar-refractivity contribution in [3.8, 4) is 0 Å². The van der Waals surface area contributed by atoms with Crippen LogP contribution in [0.25, 0.3) is 10.9 Å². The van der Waals surface area contributed by atoms with E-state index < -0.39 is 0 Å². The van der Waals surface area contributed by atoms with Gasteiger partial charge in [-0.05, 0) is 19.1 Å². The van der Waals surface area contributed by atoms with Gasteiger partial charge in [0.15, 0.2) is 6.29 Å². The summed E-state index contributed by atoms with van der Waals surface area (Å²) in [7, 11) is 0. The lowest BCUT2D eigenvalue weighted by molar-refractivity contribution is 0.111. The number of carbonyl (C=O) groups is 1. The molecular weight excluding hydrogens is 164 g/mol. The number of hydrogen-bond donors (Lipinski definition) is 0. The van der Waals surface area contributed by atoms with Gasteiger partial charge in [-0.25, -0.2) is 0 Å². The van der Waals surface area contributed by atoms with Crippen molar-refractivity contribution in [1.29, 1.82) is 0 Å². The zero-order valence-corrected chi connectivity index (χ0v) is 7.40. The number of fused-ring (bicyclic) bond motifs is 1. The highest BCUT2D eigenvalue weighted by atomic mass is 16.1. The van der Waals surface area contributed by atoms with Crippen LogP contribution in [-0.4, -0.2) is 15.8 Å². The fourth-order valence-electron chi connectivity index (χ4n) is 1.58. The van der Waals surface area contributed by atoms with Crippen LogP contribution in [0, 0.1) is 0 Å². The minimum Gasteiger partial charge on any atom is -0.339 e. The first-order valence-electron chi connectivity index (χ1n) is 4.25. The van der Waals surface area contributed by atoms with Crippen LogP contribution in [0.5, 0.6) is 0 Å². The van der Waals surface area contributed by atoms with Gasteiger partial charge in [-0.1, -0.05) is 0 Å². The largest absolute Gasteiger partial charge is 0.339 e. The Kier molecular flexibility index (Phi) is 1.85. The highest BCUT2D eigenvalue weighted by Gasteiger charge is 2.05. The Morgan fingerprint density at radius 2 is 2.46 bits per heavy atom. The molecule has 13 heavy (non-hydrogen) atoms. The minimum atomic E-state index is 0.713. The second-order valence-electron chi connectivity index (χ2n) is 2.87. The highest BCUT2D eigenvalue weighted by Crippen LogP contribution is 2.16. The van der Waals surface area contributed by atoms with E-state index in [9.17, 15) is 4.79 Å². The zero-order chi connectivity index (χ0) is 9.26. The molecule has 0 N–H and O–H groups in total. The summed E-state index contributed by atoms with van der Waals surface area (Å²) >= 11 is 0. The molecule has 2 aromatic rings. The number of aldehydes is 1. The normalized spacial score (nSPS) is 10.5. The molecule has 0 atom stereocenters. The van der Waals surface area contributed by atoms with Crippen molar-refractivity contribution in [1.82, 2.24) is 9.55 Å². The number of carbonyl (C=O) groups excluding carboxylic acids is 1. The maximum absolute atomic E-state index is 10.7. The van der Waals surface area contributed by atoms with Crippen LogP contribution in [0.1, 0.15) is 17.4 Å². The van der Waals surface area contributed by atoms with Gasteiger partial charge in [-0.2, -0.15) is 0 Å².